The second kappa shape index (κ2) is 9.67. The van der Waals surface area contributed by atoms with Gasteiger partial charge >= 0.3 is 6.03 Å². The summed E-state index contributed by atoms with van der Waals surface area (Å²) >= 11 is 1.83. The molecule has 1 aliphatic rings. The molecular formula is C24H30N4O3S. The molecule has 2 amide bonds. The van der Waals surface area contributed by atoms with Gasteiger partial charge in [0, 0.05) is 47.7 Å². The van der Waals surface area contributed by atoms with Gasteiger partial charge in [0.1, 0.15) is 5.00 Å². The maximum atomic E-state index is 12.9. The van der Waals surface area contributed by atoms with Crippen LogP contribution in [0.1, 0.15) is 35.4 Å². The van der Waals surface area contributed by atoms with Gasteiger partial charge in [-0.1, -0.05) is 6.92 Å². The Bertz CT molecular complexity index is 1080. The zero-order chi connectivity index (χ0) is 22.7. The van der Waals surface area contributed by atoms with E-state index < -0.39 is 0 Å². The lowest BCUT2D eigenvalue weighted by atomic mass is 9.96. The summed E-state index contributed by atoms with van der Waals surface area (Å²) in [6.45, 7) is 4.08. The maximum absolute atomic E-state index is 12.9. The van der Waals surface area contributed by atoms with Crippen molar-refractivity contribution in [2.24, 2.45) is 0 Å². The van der Waals surface area contributed by atoms with E-state index in [-0.39, 0.29) is 12.1 Å². The highest BCUT2D eigenvalue weighted by molar-refractivity contribution is 7.15. The number of carbonyl (C=O) groups is 1. The number of hydrogen-bond acceptors (Lipinski definition) is 5. The topological polar surface area (TPSA) is 67.8 Å². The number of amides is 2. The van der Waals surface area contributed by atoms with E-state index in [9.17, 15) is 4.79 Å². The number of ether oxygens (including phenoxy) is 2. The molecule has 2 aromatic heterocycles. The maximum Gasteiger partial charge on any atom is 0.319 e. The van der Waals surface area contributed by atoms with Gasteiger partial charge in [-0.25, -0.2) is 4.79 Å². The number of likely N-dealkylation sites (N-methyl/N-ethyl adjacent to an activating group) is 1. The highest BCUT2D eigenvalue weighted by Gasteiger charge is 2.28. The Morgan fingerprint density at radius 1 is 1.19 bits per heavy atom. The van der Waals surface area contributed by atoms with Gasteiger partial charge in [-0.2, -0.15) is 0 Å². The van der Waals surface area contributed by atoms with Gasteiger partial charge in [0.2, 0.25) is 0 Å². The third-order valence-electron chi connectivity index (χ3n) is 5.81. The van der Waals surface area contributed by atoms with Gasteiger partial charge < -0.3 is 29.6 Å². The molecule has 0 saturated carbocycles. The number of hydrogen-bond donors (Lipinski definition) is 2. The molecule has 2 N–H and O–H groups in total. The smallest absolute Gasteiger partial charge is 0.319 e. The highest BCUT2D eigenvalue weighted by atomic mass is 32.1. The predicted octanol–water partition coefficient (Wildman–Crippen LogP) is 4.82. The van der Waals surface area contributed by atoms with Crippen LogP contribution in [0.2, 0.25) is 0 Å². The van der Waals surface area contributed by atoms with Crippen molar-refractivity contribution < 1.29 is 14.3 Å². The molecule has 1 aromatic carbocycles. The number of methoxy groups -OCH3 is 2. The number of anilines is 1. The fourth-order valence-corrected chi connectivity index (χ4v) is 5.64. The minimum Gasteiger partial charge on any atom is -0.493 e. The summed E-state index contributed by atoms with van der Waals surface area (Å²) in [7, 11) is 5.32. The molecule has 3 heterocycles. The molecule has 1 aliphatic heterocycles. The summed E-state index contributed by atoms with van der Waals surface area (Å²) in [5, 5.41) is 7.33. The lowest BCUT2D eigenvalue weighted by Crippen LogP contribution is -2.34. The van der Waals surface area contributed by atoms with Crippen molar-refractivity contribution >= 4 is 23.1 Å². The van der Waals surface area contributed by atoms with Crippen molar-refractivity contribution in [2.45, 2.75) is 32.4 Å². The van der Waals surface area contributed by atoms with Crippen LogP contribution in [0.15, 0.2) is 42.7 Å². The Balaban J connectivity index is 1.59. The molecule has 7 nitrogen and oxygen atoms in total. The molecule has 170 valence electrons. The van der Waals surface area contributed by atoms with Crippen LogP contribution < -0.4 is 20.1 Å². The van der Waals surface area contributed by atoms with Crippen molar-refractivity contribution in [1.82, 2.24) is 14.8 Å². The number of rotatable bonds is 7. The molecule has 0 saturated heterocycles. The Kier molecular flexibility index (Phi) is 6.72. The van der Waals surface area contributed by atoms with Crippen molar-refractivity contribution in [1.29, 1.82) is 0 Å². The van der Waals surface area contributed by atoms with Crippen molar-refractivity contribution in [3.05, 3.63) is 58.7 Å². The predicted molar refractivity (Wildman–Crippen MR) is 128 cm³/mol. The highest BCUT2D eigenvalue weighted by Crippen LogP contribution is 2.40. The normalized spacial score (nSPS) is 14.5. The largest absolute Gasteiger partial charge is 0.493 e. The third-order valence-corrected chi connectivity index (χ3v) is 7.06. The van der Waals surface area contributed by atoms with E-state index in [0.717, 1.165) is 25.9 Å². The molecule has 32 heavy (non-hydrogen) atoms. The van der Waals surface area contributed by atoms with Gasteiger partial charge in [-0.15, -0.1) is 11.3 Å². The third kappa shape index (κ3) is 4.47. The van der Waals surface area contributed by atoms with E-state index in [0.29, 0.717) is 17.2 Å². The van der Waals surface area contributed by atoms with Crippen LogP contribution in [0, 0.1) is 0 Å². The number of aromatic nitrogens is 1. The molecule has 0 fully saturated rings. The van der Waals surface area contributed by atoms with Crippen LogP contribution in [-0.2, 0) is 13.0 Å². The van der Waals surface area contributed by atoms with E-state index >= 15 is 0 Å². The molecule has 1 atom stereocenters. The van der Waals surface area contributed by atoms with Crippen LogP contribution in [0.4, 0.5) is 10.5 Å². The summed E-state index contributed by atoms with van der Waals surface area (Å²) in [6.07, 6.45) is 5.93. The van der Waals surface area contributed by atoms with Crippen LogP contribution >= 0.6 is 11.3 Å². The van der Waals surface area contributed by atoms with Crippen molar-refractivity contribution in [3.8, 4) is 16.5 Å². The Labute approximate surface area is 192 Å². The number of nitrogens with one attached hydrogen (secondary N) is 2. The summed E-state index contributed by atoms with van der Waals surface area (Å²) in [4.78, 5) is 16.7. The standard InChI is InChI=1S/C24H30N4O3S/c1-5-18(26-24(29)25-16-8-9-19(30-3)20(14-16)31-4)22-17-10-13-27(2)15-21(17)32-23(22)28-11-6-7-12-28/h6-9,11-12,14,18H,5,10,13,15H2,1-4H3,(H2,25,26,29). The average Bonchev–Trinajstić information content (AvgIpc) is 3.45. The first-order valence-corrected chi connectivity index (χ1v) is 11.6. The SMILES string of the molecule is CCC(NC(=O)Nc1ccc(OC)c(OC)c1)c1c(-n2cccc2)sc2c1CCN(C)C2. The average molecular weight is 455 g/mol. The second-order valence-electron chi connectivity index (χ2n) is 7.93. The van der Waals surface area contributed by atoms with Crippen LogP contribution in [0.25, 0.3) is 5.00 Å². The molecular weight excluding hydrogens is 424 g/mol. The molecule has 0 aliphatic carbocycles. The van der Waals surface area contributed by atoms with Crippen LogP contribution in [0.3, 0.4) is 0 Å². The van der Waals surface area contributed by atoms with Crippen LogP contribution in [-0.4, -0.2) is 43.3 Å². The molecule has 4 rings (SSSR count). The van der Waals surface area contributed by atoms with E-state index in [1.54, 1.807) is 32.4 Å². The summed E-state index contributed by atoms with van der Waals surface area (Å²) < 4.78 is 12.8. The van der Waals surface area contributed by atoms with Crippen molar-refractivity contribution in [3.63, 3.8) is 0 Å². The summed E-state index contributed by atoms with van der Waals surface area (Å²) in [6, 6.07) is 9.08. The minimum absolute atomic E-state index is 0.0871. The molecule has 8 heteroatoms. The van der Waals surface area contributed by atoms with Gasteiger partial charge in [0.25, 0.3) is 0 Å². The van der Waals surface area contributed by atoms with Crippen molar-refractivity contribution in [2.75, 3.05) is 33.1 Å². The first-order chi connectivity index (χ1) is 15.5. The van der Waals surface area contributed by atoms with Gasteiger partial charge in [0.15, 0.2) is 11.5 Å². The molecule has 0 spiro atoms. The molecule has 3 aromatic rings. The molecule has 1 unspecified atom stereocenters. The first kappa shape index (κ1) is 22.2. The second-order valence-corrected chi connectivity index (χ2v) is 9.01. The number of benzene rings is 1. The number of carbonyl (C=O) groups excluding carboxylic acids is 1. The fourth-order valence-electron chi connectivity index (χ4n) is 4.18. The Morgan fingerprint density at radius 3 is 2.62 bits per heavy atom. The Morgan fingerprint density at radius 2 is 1.94 bits per heavy atom. The van der Waals surface area contributed by atoms with Gasteiger partial charge in [-0.05, 0) is 49.7 Å². The first-order valence-electron chi connectivity index (χ1n) is 10.8. The lowest BCUT2D eigenvalue weighted by molar-refractivity contribution is 0.248. The van der Waals surface area contributed by atoms with E-state index in [4.69, 9.17) is 9.47 Å². The van der Waals surface area contributed by atoms with Gasteiger partial charge in [-0.3, -0.25) is 0 Å². The quantitative estimate of drug-likeness (QED) is 0.537. The number of urea groups is 1. The number of nitrogens with zero attached hydrogens (tertiary/aromatic N) is 2. The van der Waals surface area contributed by atoms with E-state index in [1.807, 2.05) is 23.5 Å². The van der Waals surface area contributed by atoms with E-state index in [2.05, 4.69) is 46.5 Å². The van der Waals surface area contributed by atoms with Gasteiger partial charge in [0.05, 0.1) is 20.3 Å². The minimum atomic E-state index is -0.240. The summed E-state index contributed by atoms with van der Waals surface area (Å²) in [5.41, 5.74) is 3.27. The summed E-state index contributed by atoms with van der Waals surface area (Å²) in [5.74, 6) is 1.19. The number of thiophene rings is 1. The zero-order valence-electron chi connectivity index (χ0n) is 19.0. The molecule has 0 bridgehead atoms. The molecule has 0 radical (unpaired) electrons. The van der Waals surface area contributed by atoms with Crippen LogP contribution in [0.5, 0.6) is 11.5 Å². The lowest BCUT2D eigenvalue weighted by Gasteiger charge is -2.25. The fraction of sp³-hybridized carbons (Fsp3) is 0.375. The Hall–Kier alpha value is -2.97. The monoisotopic (exact) mass is 454 g/mol. The van der Waals surface area contributed by atoms with E-state index in [1.165, 1.54) is 21.0 Å². The number of fused-ring (bicyclic) bond motifs is 1. The zero-order valence-corrected chi connectivity index (χ0v) is 19.8.